The molecule has 134 valence electrons. The molecule has 1 heterocycles. The van der Waals surface area contributed by atoms with Crippen LogP contribution in [0.3, 0.4) is 0 Å². The highest BCUT2D eigenvalue weighted by atomic mass is 35.5. The second-order valence-corrected chi connectivity index (χ2v) is 5.77. The largest absolute Gasteiger partial charge is 0.507 e. The van der Waals surface area contributed by atoms with Gasteiger partial charge < -0.3 is 24.8 Å². The van der Waals surface area contributed by atoms with E-state index in [1.165, 1.54) is 13.1 Å². The van der Waals surface area contributed by atoms with Gasteiger partial charge in [0.15, 0.2) is 11.5 Å². The predicted molar refractivity (Wildman–Crippen MR) is 95.7 cm³/mol. The topological polar surface area (TPSA) is 105 Å². The molecule has 0 saturated heterocycles. The van der Waals surface area contributed by atoms with Gasteiger partial charge in [0, 0.05) is 13.1 Å². The van der Waals surface area contributed by atoms with Gasteiger partial charge >= 0.3 is 0 Å². The van der Waals surface area contributed by atoms with Crippen molar-refractivity contribution in [3.05, 3.63) is 47.1 Å². The molecule has 1 amide bonds. The van der Waals surface area contributed by atoms with Crippen molar-refractivity contribution in [2.75, 3.05) is 14.2 Å². The van der Waals surface area contributed by atoms with Crippen LogP contribution in [0.4, 0.5) is 0 Å². The monoisotopic (exact) mass is 373 g/mol. The van der Waals surface area contributed by atoms with Gasteiger partial charge in [0.05, 0.1) is 23.3 Å². The van der Waals surface area contributed by atoms with Crippen LogP contribution in [0, 0.1) is 0 Å². The Morgan fingerprint density at radius 1 is 1.19 bits per heavy atom. The first-order chi connectivity index (χ1) is 12.5. The van der Waals surface area contributed by atoms with Gasteiger partial charge in [0.2, 0.25) is 0 Å². The maximum absolute atomic E-state index is 12.2. The number of phenols is 2. The molecule has 0 bridgehead atoms. The lowest BCUT2D eigenvalue weighted by atomic mass is 9.98. The van der Waals surface area contributed by atoms with Crippen molar-refractivity contribution in [3.8, 4) is 39.7 Å². The number of aromatic hydroxyl groups is 2. The maximum Gasteiger partial charge on any atom is 0.273 e. The molecule has 0 aliphatic carbocycles. The summed E-state index contributed by atoms with van der Waals surface area (Å²) >= 11 is 5.95. The van der Waals surface area contributed by atoms with E-state index >= 15 is 0 Å². The van der Waals surface area contributed by atoms with Crippen molar-refractivity contribution in [1.29, 1.82) is 0 Å². The van der Waals surface area contributed by atoms with Gasteiger partial charge in [-0.15, -0.1) is 0 Å². The van der Waals surface area contributed by atoms with Crippen LogP contribution < -0.4 is 10.1 Å². The van der Waals surface area contributed by atoms with Crippen LogP contribution in [0.25, 0.3) is 22.5 Å². The van der Waals surface area contributed by atoms with Gasteiger partial charge in [-0.05, 0) is 23.8 Å². The van der Waals surface area contributed by atoms with E-state index in [4.69, 9.17) is 20.9 Å². The highest BCUT2D eigenvalue weighted by molar-refractivity contribution is 6.32. The number of methoxy groups -OCH3 is 1. The molecule has 3 N–H and O–H groups in total. The predicted octanol–water partition coefficient (Wildman–Crippen LogP) is 3.44. The standard InChI is InChI=1S/C18H15ClN2O5/c1-20-18(24)16-15(9-3-5-10(25-2)6-4-9)17(26-21-16)11-7-12(19)14(23)8-13(11)22/h3-8,22-23H,1-2H3,(H,20,24)/i2-1. The number of hydrogen-bond donors (Lipinski definition) is 3. The van der Waals surface area contributed by atoms with Crippen molar-refractivity contribution in [1.82, 2.24) is 10.5 Å². The van der Waals surface area contributed by atoms with Crippen LogP contribution in [0.15, 0.2) is 40.9 Å². The van der Waals surface area contributed by atoms with Crippen molar-refractivity contribution in [2.45, 2.75) is 0 Å². The third-order valence-corrected chi connectivity index (χ3v) is 4.13. The highest BCUT2D eigenvalue weighted by Gasteiger charge is 2.26. The first-order valence-electron chi connectivity index (χ1n) is 7.54. The molecule has 7 nitrogen and oxygen atoms in total. The quantitative estimate of drug-likeness (QED) is 0.647. The van der Waals surface area contributed by atoms with Crippen molar-refractivity contribution in [2.24, 2.45) is 0 Å². The molecule has 0 unspecified atom stereocenters. The Kier molecular flexibility index (Phi) is 4.73. The summed E-state index contributed by atoms with van der Waals surface area (Å²) in [6.45, 7) is 0. The van der Waals surface area contributed by atoms with Gasteiger partial charge in [0.25, 0.3) is 5.91 Å². The Bertz CT molecular complexity index is 966. The molecule has 8 heteroatoms. The minimum atomic E-state index is -0.449. The van der Waals surface area contributed by atoms with Crippen LogP contribution >= 0.6 is 11.6 Å². The van der Waals surface area contributed by atoms with Gasteiger partial charge in [-0.1, -0.05) is 28.9 Å². The Morgan fingerprint density at radius 2 is 1.88 bits per heavy atom. The third kappa shape index (κ3) is 3.04. The average molecular weight is 374 g/mol. The van der Waals surface area contributed by atoms with Gasteiger partial charge in [-0.25, -0.2) is 0 Å². The Labute approximate surface area is 153 Å². The fourth-order valence-electron chi connectivity index (χ4n) is 2.51. The molecule has 3 aromatic rings. The molecule has 0 saturated carbocycles. The number of phenolic OH excluding ortho intramolecular Hbond substituents is 2. The molecular formula is C18H15ClN2O5. The molecule has 0 aliphatic rings. The summed E-state index contributed by atoms with van der Waals surface area (Å²) in [4.78, 5) is 12.2. The molecule has 2 aromatic carbocycles. The number of carbonyl (C=O) groups excluding carboxylic acids is 1. The summed E-state index contributed by atoms with van der Waals surface area (Å²) < 4.78 is 10.5. The van der Waals surface area contributed by atoms with Crippen molar-refractivity contribution >= 4 is 17.5 Å². The minimum absolute atomic E-state index is 0.0244. The first-order valence-corrected chi connectivity index (χ1v) is 7.92. The van der Waals surface area contributed by atoms with Crippen LogP contribution in [-0.4, -0.2) is 35.4 Å². The zero-order valence-corrected chi connectivity index (χ0v) is 14.7. The maximum atomic E-state index is 12.2. The number of carbonyl (C=O) groups is 1. The number of ether oxygens (including phenoxy) is 1. The second-order valence-electron chi connectivity index (χ2n) is 5.36. The lowest BCUT2D eigenvalue weighted by Crippen LogP contribution is -2.19. The Morgan fingerprint density at radius 3 is 2.50 bits per heavy atom. The smallest absolute Gasteiger partial charge is 0.273 e. The molecule has 26 heavy (non-hydrogen) atoms. The highest BCUT2D eigenvalue weighted by Crippen LogP contribution is 2.42. The molecule has 3 rings (SSSR count). The van der Waals surface area contributed by atoms with Gasteiger partial charge in [-0.3, -0.25) is 4.79 Å². The van der Waals surface area contributed by atoms with E-state index < -0.39 is 5.91 Å². The Balaban J connectivity index is 2.25. The van der Waals surface area contributed by atoms with E-state index in [1.54, 1.807) is 31.4 Å². The third-order valence-electron chi connectivity index (χ3n) is 3.82. The molecule has 0 radical (unpaired) electrons. The summed E-state index contributed by atoms with van der Waals surface area (Å²) in [6, 6.07) is 9.36. The molecule has 0 spiro atoms. The molecule has 0 atom stereocenters. The van der Waals surface area contributed by atoms with Gasteiger partial charge in [-0.2, -0.15) is 0 Å². The normalized spacial score (nSPS) is 10.6. The van der Waals surface area contributed by atoms with E-state index in [2.05, 4.69) is 10.5 Å². The van der Waals surface area contributed by atoms with Crippen LogP contribution in [0.2, 0.25) is 5.02 Å². The number of amides is 1. The van der Waals surface area contributed by atoms with Crippen molar-refractivity contribution < 1.29 is 24.3 Å². The minimum Gasteiger partial charge on any atom is -0.507 e. The molecular weight excluding hydrogens is 359 g/mol. The second kappa shape index (κ2) is 6.97. The zero-order valence-electron chi connectivity index (χ0n) is 13.9. The number of nitrogens with zero attached hydrogens (tertiary/aromatic N) is 1. The average Bonchev–Trinajstić information content (AvgIpc) is 3.08. The number of hydrogen-bond acceptors (Lipinski definition) is 6. The van der Waals surface area contributed by atoms with E-state index in [1.807, 2.05) is 0 Å². The Hall–Kier alpha value is -3.19. The lowest BCUT2D eigenvalue weighted by molar-refractivity contribution is 0.0955. The SMILES string of the molecule is CNC(=O)c1noc(-c2cc(Cl)c(O)cc2O)c1-c1ccc(O[11CH3])cc1. The fraction of sp³-hybridized carbons (Fsp3) is 0.111. The zero-order chi connectivity index (χ0) is 18.8. The van der Waals surface area contributed by atoms with Crippen LogP contribution in [-0.2, 0) is 0 Å². The number of benzene rings is 2. The molecule has 0 aliphatic heterocycles. The molecule has 1 aromatic heterocycles. The lowest BCUT2D eigenvalue weighted by Gasteiger charge is -2.08. The summed E-state index contributed by atoms with van der Waals surface area (Å²) in [5, 5.41) is 26.2. The molecule has 0 fully saturated rings. The summed E-state index contributed by atoms with van der Waals surface area (Å²) in [5.74, 6) is -0.196. The summed E-state index contributed by atoms with van der Waals surface area (Å²) in [5.41, 5.74) is 1.26. The van der Waals surface area contributed by atoms with E-state index in [0.29, 0.717) is 16.9 Å². The number of halogens is 1. The number of rotatable bonds is 4. The van der Waals surface area contributed by atoms with E-state index in [0.717, 1.165) is 6.07 Å². The van der Waals surface area contributed by atoms with E-state index in [-0.39, 0.29) is 33.5 Å². The van der Waals surface area contributed by atoms with Crippen LogP contribution in [0.1, 0.15) is 10.5 Å². The fourth-order valence-corrected chi connectivity index (χ4v) is 2.67. The van der Waals surface area contributed by atoms with Gasteiger partial charge in [0.1, 0.15) is 17.2 Å². The van der Waals surface area contributed by atoms with Crippen molar-refractivity contribution in [3.63, 3.8) is 0 Å². The first kappa shape index (κ1) is 17.6. The summed E-state index contributed by atoms with van der Waals surface area (Å²) in [6.07, 6.45) is 0. The number of nitrogens with one attached hydrogen (secondary N) is 1. The van der Waals surface area contributed by atoms with Crippen LogP contribution in [0.5, 0.6) is 17.2 Å². The summed E-state index contributed by atoms with van der Waals surface area (Å²) in [7, 11) is 3.02. The number of aromatic nitrogens is 1. The van der Waals surface area contributed by atoms with E-state index in [9.17, 15) is 15.0 Å².